The molecule has 3 amide bonds. The summed E-state index contributed by atoms with van der Waals surface area (Å²) in [6.07, 6.45) is -7.75. The van der Waals surface area contributed by atoms with Gasteiger partial charge in [-0.05, 0) is 29.3 Å². The first-order chi connectivity index (χ1) is 16.2. The molecule has 0 radical (unpaired) electrons. The number of hydrogen-bond acceptors (Lipinski definition) is 4. The van der Waals surface area contributed by atoms with E-state index in [1.54, 1.807) is 60.7 Å². The Morgan fingerprint density at radius 1 is 0.912 bits per heavy atom. The SMILES string of the molecule is N#Cc1cccc(NC(=O)N(S)C(NC(=O)C(c2ccccc2)c2ccccc2)C(F)(F)F)c1. The van der Waals surface area contributed by atoms with Crippen molar-refractivity contribution in [1.29, 1.82) is 5.26 Å². The summed E-state index contributed by atoms with van der Waals surface area (Å²) in [7, 11) is 0. The lowest BCUT2D eigenvalue weighted by Gasteiger charge is -2.31. The summed E-state index contributed by atoms with van der Waals surface area (Å²) >= 11 is 3.73. The summed E-state index contributed by atoms with van der Waals surface area (Å²) in [5.74, 6) is -2.01. The summed E-state index contributed by atoms with van der Waals surface area (Å²) < 4.78 is 41.7. The molecule has 0 aliphatic heterocycles. The van der Waals surface area contributed by atoms with Gasteiger partial charge in [-0.2, -0.15) is 18.4 Å². The van der Waals surface area contributed by atoms with Crippen LogP contribution >= 0.6 is 12.8 Å². The molecule has 3 rings (SSSR count). The van der Waals surface area contributed by atoms with Crippen LogP contribution in [0.4, 0.5) is 23.7 Å². The lowest BCUT2D eigenvalue weighted by atomic mass is 9.90. The van der Waals surface area contributed by atoms with Gasteiger partial charge in [0, 0.05) is 5.69 Å². The highest BCUT2D eigenvalue weighted by molar-refractivity contribution is 7.78. The Balaban J connectivity index is 1.86. The fraction of sp³-hybridized carbons (Fsp3) is 0.125. The molecule has 0 heterocycles. The number of carbonyl (C=O) groups excluding carboxylic acids is 2. The molecule has 1 atom stereocenters. The van der Waals surface area contributed by atoms with Crippen LogP contribution in [0.1, 0.15) is 22.6 Å². The minimum Gasteiger partial charge on any atom is -0.327 e. The average molecular weight is 485 g/mol. The van der Waals surface area contributed by atoms with E-state index in [9.17, 15) is 22.8 Å². The van der Waals surface area contributed by atoms with Gasteiger partial charge in [-0.3, -0.25) is 4.79 Å². The van der Waals surface area contributed by atoms with Gasteiger partial charge in [-0.15, -0.1) is 0 Å². The fourth-order valence-electron chi connectivity index (χ4n) is 3.25. The van der Waals surface area contributed by atoms with Gasteiger partial charge in [0.05, 0.1) is 17.6 Å². The van der Waals surface area contributed by atoms with Crippen LogP contribution in [-0.4, -0.2) is 28.6 Å². The number of carbonyl (C=O) groups is 2. The molecule has 0 fully saturated rings. The van der Waals surface area contributed by atoms with Crippen LogP contribution in [0, 0.1) is 11.3 Å². The number of nitrogens with zero attached hydrogens (tertiary/aromatic N) is 2. The van der Waals surface area contributed by atoms with Crippen molar-refractivity contribution in [2.75, 3.05) is 5.32 Å². The van der Waals surface area contributed by atoms with Gasteiger partial charge < -0.3 is 10.6 Å². The quantitative estimate of drug-likeness (QED) is 0.337. The second-order valence-electron chi connectivity index (χ2n) is 7.17. The third-order valence-electron chi connectivity index (χ3n) is 4.81. The summed E-state index contributed by atoms with van der Waals surface area (Å²) in [5.41, 5.74) is 1.27. The summed E-state index contributed by atoms with van der Waals surface area (Å²) in [6, 6.07) is 22.9. The van der Waals surface area contributed by atoms with Gasteiger partial charge in [0.15, 0.2) is 0 Å². The number of amides is 3. The lowest BCUT2D eigenvalue weighted by Crippen LogP contribution is -2.56. The zero-order chi connectivity index (χ0) is 24.7. The number of benzene rings is 3. The zero-order valence-electron chi connectivity index (χ0n) is 17.5. The Hall–Kier alpha value is -3.97. The highest BCUT2D eigenvalue weighted by atomic mass is 32.1. The number of urea groups is 1. The molecule has 2 N–H and O–H groups in total. The van der Waals surface area contributed by atoms with Crippen LogP contribution in [0.15, 0.2) is 84.9 Å². The van der Waals surface area contributed by atoms with Crippen LogP contribution in [0.25, 0.3) is 0 Å². The molecule has 1 unspecified atom stereocenters. The number of nitrogens with one attached hydrogen (secondary N) is 2. The Morgan fingerprint density at radius 3 is 1.97 bits per heavy atom. The molecule has 34 heavy (non-hydrogen) atoms. The molecule has 0 bridgehead atoms. The molecular weight excluding hydrogens is 465 g/mol. The van der Waals surface area contributed by atoms with Crippen molar-refractivity contribution >= 4 is 30.4 Å². The van der Waals surface area contributed by atoms with Crippen molar-refractivity contribution in [2.24, 2.45) is 0 Å². The number of rotatable bonds is 6. The topological polar surface area (TPSA) is 85.2 Å². The normalized spacial score (nSPS) is 11.9. The molecule has 0 saturated carbocycles. The number of alkyl halides is 3. The van der Waals surface area contributed by atoms with E-state index in [0.717, 1.165) is 0 Å². The van der Waals surface area contributed by atoms with Gasteiger partial charge in [0.1, 0.15) is 0 Å². The number of hydrogen-bond donors (Lipinski definition) is 3. The first-order valence-corrected chi connectivity index (χ1v) is 10.4. The fourth-order valence-corrected chi connectivity index (χ4v) is 3.49. The molecule has 10 heteroatoms. The van der Waals surface area contributed by atoms with E-state index in [1.807, 2.05) is 11.4 Å². The Kier molecular flexibility index (Phi) is 7.81. The standard InChI is InChI=1S/C24H19F3N4O2S/c25-24(26,27)22(31(34)23(33)29-19-13-7-8-16(14-19)15-28)30-21(32)20(17-9-3-1-4-10-17)18-11-5-2-6-12-18/h1-14,20,22,34H,(H,29,33)(H,30,32). The van der Waals surface area contributed by atoms with Gasteiger partial charge in [0.25, 0.3) is 0 Å². The summed E-state index contributed by atoms with van der Waals surface area (Å²) in [6.45, 7) is 0. The maximum absolute atomic E-state index is 13.9. The van der Waals surface area contributed by atoms with Crippen molar-refractivity contribution in [3.8, 4) is 6.07 Å². The van der Waals surface area contributed by atoms with E-state index in [2.05, 4.69) is 18.1 Å². The predicted octanol–water partition coefficient (Wildman–Crippen LogP) is 5.07. The van der Waals surface area contributed by atoms with Gasteiger partial charge in [0.2, 0.25) is 12.1 Å². The smallest absolute Gasteiger partial charge is 0.327 e. The second-order valence-corrected chi connectivity index (χ2v) is 7.61. The third-order valence-corrected chi connectivity index (χ3v) is 5.23. The van der Waals surface area contributed by atoms with Crippen molar-refractivity contribution in [1.82, 2.24) is 9.62 Å². The van der Waals surface area contributed by atoms with Crippen molar-refractivity contribution in [3.05, 3.63) is 102 Å². The first kappa shape index (κ1) is 24.7. The van der Waals surface area contributed by atoms with E-state index in [1.165, 1.54) is 24.3 Å². The molecule has 174 valence electrons. The molecule has 3 aromatic carbocycles. The number of thiol groups is 1. The van der Waals surface area contributed by atoms with E-state index in [4.69, 9.17) is 5.26 Å². The molecular formula is C24H19F3N4O2S. The molecule has 0 aliphatic carbocycles. The Bertz CT molecular complexity index is 1140. The zero-order valence-corrected chi connectivity index (χ0v) is 18.4. The van der Waals surface area contributed by atoms with E-state index in [0.29, 0.717) is 11.1 Å². The monoisotopic (exact) mass is 484 g/mol. The second kappa shape index (κ2) is 10.8. The van der Waals surface area contributed by atoms with Crippen molar-refractivity contribution in [3.63, 3.8) is 0 Å². The van der Waals surface area contributed by atoms with Crippen LogP contribution < -0.4 is 10.6 Å². The van der Waals surface area contributed by atoms with Crippen molar-refractivity contribution < 1.29 is 22.8 Å². The maximum atomic E-state index is 13.9. The summed E-state index contributed by atoms with van der Waals surface area (Å²) in [5, 5.41) is 13.1. The lowest BCUT2D eigenvalue weighted by molar-refractivity contribution is -0.176. The van der Waals surface area contributed by atoms with Gasteiger partial charge in [-0.25, -0.2) is 9.10 Å². The largest absolute Gasteiger partial charge is 0.428 e. The minimum atomic E-state index is -5.03. The number of halogens is 3. The van der Waals surface area contributed by atoms with Crippen molar-refractivity contribution in [2.45, 2.75) is 18.3 Å². The van der Waals surface area contributed by atoms with Crippen LogP contribution in [0.2, 0.25) is 0 Å². The van der Waals surface area contributed by atoms with Gasteiger partial charge >= 0.3 is 12.2 Å². The molecule has 0 saturated heterocycles. The maximum Gasteiger partial charge on any atom is 0.428 e. The predicted molar refractivity (Wildman–Crippen MR) is 124 cm³/mol. The van der Waals surface area contributed by atoms with Crippen LogP contribution in [0.5, 0.6) is 0 Å². The Labute approximate surface area is 199 Å². The van der Waals surface area contributed by atoms with E-state index < -0.39 is 30.2 Å². The number of anilines is 1. The summed E-state index contributed by atoms with van der Waals surface area (Å²) in [4.78, 5) is 25.6. The van der Waals surface area contributed by atoms with E-state index in [-0.39, 0.29) is 15.6 Å². The van der Waals surface area contributed by atoms with Crippen LogP contribution in [-0.2, 0) is 4.79 Å². The molecule has 0 aromatic heterocycles. The molecule has 0 aliphatic rings. The Morgan fingerprint density at radius 2 is 1.47 bits per heavy atom. The highest BCUT2D eigenvalue weighted by Gasteiger charge is 2.47. The minimum absolute atomic E-state index is 0.0595. The first-order valence-electron chi connectivity index (χ1n) is 9.97. The molecule has 0 spiro atoms. The molecule has 3 aromatic rings. The van der Waals surface area contributed by atoms with Crippen LogP contribution in [0.3, 0.4) is 0 Å². The average Bonchev–Trinajstić information content (AvgIpc) is 2.83. The highest BCUT2D eigenvalue weighted by Crippen LogP contribution is 2.29. The van der Waals surface area contributed by atoms with Gasteiger partial charge in [-0.1, -0.05) is 79.5 Å². The molecule has 6 nitrogen and oxygen atoms in total. The number of nitriles is 1. The van der Waals surface area contributed by atoms with E-state index >= 15 is 0 Å². The third kappa shape index (κ3) is 6.08.